The van der Waals surface area contributed by atoms with Crippen molar-refractivity contribution in [3.8, 4) is 0 Å². The first-order valence-corrected chi connectivity index (χ1v) is 8.80. The van der Waals surface area contributed by atoms with Gasteiger partial charge in [0, 0.05) is 19.0 Å². The molecule has 0 spiro atoms. The summed E-state index contributed by atoms with van der Waals surface area (Å²) in [5.41, 5.74) is 1.41. The minimum absolute atomic E-state index is 0.0390. The normalized spacial score (nSPS) is 33.0. The highest BCUT2D eigenvalue weighted by Gasteiger charge is 2.55. The first kappa shape index (κ1) is 16.0. The number of aliphatic hydroxyl groups is 1. The molecule has 2 saturated heterocycles. The number of aliphatic hydroxyl groups excluding tert-OH is 1. The standard InChI is InChI=1S/C19H30N2O/c1-3-4-11-21-13-17(16-8-6-5-7-9-16)18-10-12-20(2)14-19(18,21)15-22/h5-9,17-18,22H,3-4,10-15H2,1-2H3/t17-,18+,19-/m0/s1. The van der Waals surface area contributed by atoms with Gasteiger partial charge in [-0.1, -0.05) is 43.7 Å². The Balaban J connectivity index is 1.91. The zero-order valence-corrected chi connectivity index (χ0v) is 14.0. The van der Waals surface area contributed by atoms with Crippen molar-refractivity contribution in [1.29, 1.82) is 0 Å². The Hall–Kier alpha value is -0.900. The van der Waals surface area contributed by atoms with Crippen molar-refractivity contribution in [3.05, 3.63) is 35.9 Å². The van der Waals surface area contributed by atoms with Crippen LogP contribution < -0.4 is 0 Å². The largest absolute Gasteiger partial charge is 0.394 e. The van der Waals surface area contributed by atoms with Gasteiger partial charge in [0.1, 0.15) is 0 Å². The Morgan fingerprint density at radius 2 is 2.05 bits per heavy atom. The molecule has 2 fully saturated rings. The summed E-state index contributed by atoms with van der Waals surface area (Å²) < 4.78 is 0. The molecule has 3 rings (SSSR count). The third-order valence-electron chi connectivity index (χ3n) is 5.87. The SMILES string of the molecule is CCCCN1C[C@@H](c2ccccc2)[C@H]2CCN(C)C[C@]21CO. The van der Waals surface area contributed by atoms with Gasteiger partial charge in [0.25, 0.3) is 0 Å². The molecule has 2 aliphatic heterocycles. The molecule has 0 unspecified atom stereocenters. The van der Waals surface area contributed by atoms with E-state index in [0.717, 1.165) is 26.2 Å². The van der Waals surface area contributed by atoms with Crippen LogP contribution in [0.2, 0.25) is 0 Å². The molecule has 0 bridgehead atoms. The van der Waals surface area contributed by atoms with E-state index >= 15 is 0 Å². The second-order valence-corrected chi connectivity index (χ2v) is 7.21. The van der Waals surface area contributed by atoms with Gasteiger partial charge in [-0.25, -0.2) is 0 Å². The van der Waals surface area contributed by atoms with Crippen molar-refractivity contribution in [2.75, 3.05) is 39.8 Å². The van der Waals surface area contributed by atoms with Gasteiger partial charge in [-0.3, -0.25) is 4.90 Å². The van der Waals surface area contributed by atoms with Crippen molar-refractivity contribution >= 4 is 0 Å². The highest BCUT2D eigenvalue weighted by molar-refractivity contribution is 5.26. The van der Waals surface area contributed by atoms with Gasteiger partial charge in [-0.2, -0.15) is 0 Å². The molecule has 3 heteroatoms. The molecule has 0 aromatic heterocycles. The number of nitrogens with zero attached hydrogens (tertiary/aromatic N) is 2. The van der Waals surface area contributed by atoms with E-state index < -0.39 is 0 Å². The second kappa shape index (κ2) is 6.69. The van der Waals surface area contributed by atoms with Gasteiger partial charge in [0.05, 0.1) is 12.1 Å². The van der Waals surface area contributed by atoms with E-state index in [-0.39, 0.29) is 12.1 Å². The number of rotatable bonds is 5. The third-order valence-corrected chi connectivity index (χ3v) is 5.87. The molecule has 122 valence electrons. The second-order valence-electron chi connectivity index (χ2n) is 7.21. The monoisotopic (exact) mass is 302 g/mol. The molecule has 0 radical (unpaired) electrons. The van der Waals surface area contributed by atoms with Crippen LogP contribution in [-0.2, 0) is 0 Å². The molecule has 1 aromatic rings. The number of likely N-dealkylation sites (N-methyl/N-ethyl adjacent to an activating group) is 1. The molecular formula is C19H30N2O. The summed E-state index contributed by atoms with van der Waals surface area (Å²) in [4.78, 5) is 5.01. The first-order chi connectivity index (χ1) is 10.7. The van der Waals surface area contributed by atoms with E-state index in [2.05, 4.69) is 54.1 Å². The molecule has 1 N–H and O–H groups in total. The maximum Gasteiger partial charge on any atom is 0.0631 e. The van der Waals surface area contributed by atoms with Gasteiger partial charge >= 0.3 is 0 Å². The van der Waals surface area contributed by atoms with E-state index in [1.807, 2.05) is 0 Å². The van der Waals surface area contributed by atoms with Crippen LogP contribution in [0.25, 0.3) is 0 Å². The van der Waals surface area contributed by atoms with E-state index in [1.54, 1.807) is 0 Å². The van der Waals surface area contributed by atoms with Crippen LogP contribution in [0.5, 0.6) is 0 Å². The fourth-order valence-corrected chi connectivity index (χ4v) is 4.72. The predicted molar refractivity (Wildman–Crippen MR) is 91.1 cm³/mol. The topological polar surface area (TPSA) is 26.7 Å². The molecule has 0 amide bonds. The average Bonchev–Trinajstić information content (AvgIpc) is 2.88. The molecule has 0 saturated carbocycles. The van der Waals surface area contributed by atoms with Crippen LogP contribution in [0.3, 0.4) is 0 Å². The Labute approximate surface area is 134 Å². The Kier molecular flexibility index (Phi) is 4.86. The van der Waals surface area contributed by atoms with Gasteiger partial charge in [-0.15, -0.1) is 0 Å². The fraction of sp³-hybridized carbons (Fsp3) is 0.684. The third kappa shape index (κ3) is 2.70. The summed E-state index contributed by atoms with van der Waals surface area (Å²) in [5, 5.41) is 10.3. The van der Waals surface area contributed by atoms with E-state index in [9.17, 15) is 5.11 Å². The highest BCUT2D eigenvalue weighted by Crippen LogP contribution is 2.48. The first-order valence-electron chi connectivity index (χ1n) is 8.80. The van der Waals surface area contributed by atoms with E-state index in [0.29, 0.717) is 11.8 Å². The van der Waals surface area contributed by atoms with E-state index in [4.69, 9.17) is 0 Å². The van der Waals surface area contributed by atoms with Crippen molar-refractivity contribution < 1.29 is 5.11 Å². The zero-order valence-electron chi connectivity index (χ0n) is 14.0. The van der Waals surface area contributed by atoms with Gasteiger partial charge in [0.2, 0.25) is 0 Å². The number of unbranched alkanes of at least 4 members (excludes halogenated alkanes) is 1. The summed E-state index contributed by atoms with van der Waals surface area (Å²) in [6.45, 7) is 6.91. The summed E-state index contributed by atoms with van der Waals surface area (Å²) in [7, 11) is 2.20. The number of piperidine rings is 1. The average molecular weight is 302 g/mol. The molecule has 3 nitrogen and oxygen atoms in total. The summed E-state index contributed by atoms with van der Waals surface area (Å²) in [5.74, 6) is 1.15. The van der Waals surface area contributed by atoms with Crippen LogP contribution >= 0.6 is 0 Å². The Morgan fingerprint density at radius 3 is 2.73 bits per heavy atom. The van der Waals surface area contributed by atoms with Crippen LogP contribution in [-0.4, -0.2) is 60.3 Å². The molecule has 2 aliphatic rings. The van der Waals surface area contributed by atoms with E-state index in [1.165, 1.54) is 24.8 Å². The van der Waals surface area contributed by atoms with Crippen LogP contribution in [0.1, 0.15) is 37.7 Å². The number of likely N-dealkylation sites (tertiary alicyclic amines) is 2. The predicted octanol–water partition coefficient (Wildman–Crippen LogP) is 2.57. The van der Waals surface area contributed by atoms with Crippen molar-refractivity contribution in [1.82, 2.24) is 9.80 Å². The van der Waals surface area contributed by atoms with Gasteiger partial charge < -0.3 is 10.0 Å². The summed E-state index contributed by atoms with van der Waals surface area (Å²) >= 11 is 0. The lowest BCUT2D eigenvalue weighted by Gasteiger charge is -2.48. The number of hydrogen-bond donors (Lipinski definition) is 1. The smallest absolute Gasteiger partial charge is 0.0631 e. The molecule has 2 heterocycles. The quantitative estimate of drug-likeness (QED) is 0.905. The highest BCUT2D eigenvalue weighted by atomic mass is 16.3. The van der Waals surface area contributed by atoms with Crippen molar-refractivity contribution in [2.45, 2.75) is 37.6 Å². The van der Waals surface area contributed by atoms with Crippen LogP contribution in [0.4, 0.5) is 0 Å². The minimum Gasteiger partial charge on any atom is -0.394 e. The van der Waals surface area contributed by atoms with Crippen LogP contribution in [0.15, 0.2) is 30.3 Å². The van der Waals surface area contributed by atoms with Crippen molar-refractivity contribution in [3.63, 3.8) is 0 Å². The molecule has 3 atom stereocenters. The fourth-order valence-electron chi connectivity index (χ4n) is 4.72. The lowest BCUT2D eigenvalue weighted by molar-refractivity contribution is -0.0191. The number of fused-ring (bicyclic) bond motifs is 1. The maximum atomic E-state index is 10.3. The Bertz CT molecular complexity index is 478. The zero-order chi connectivity index (χ0) is 15.6. The summed E-state index contributed by atoms with van der Waals surface area (Å²) in [6.07, 6.45) is 3.63. The maximum absolute atomic E-state index is 10.3. The Morgan fingerprint density at radius 1 is 1.27 bits per heavy atom. The minimum atomic E-state index is -0.0390. The van der Waals surface area contributed by atoms with Crippen LogP contribution in [0, 0.1) is 5.92 Å². The molecule has 1 aromatic carbocycles. The number of benzene rings is 1. The van der Waals surface area contributed by atoms with Gasteiger partial charge in [-0.05, 0) is 44.5 Å². The molecule has 22 heavy (non-hydrogen) atoms. The lowest BCUT2D eigenvalue weighted by atomic mass is 9.73. The van der Waals surface area contributed by atoms with Gasteiger partial charge in [0.15, 0.2) is 0 Å². The lowest BCUT2D eigenvalue weighted by Crippen LogP contribution is -2.61. The molecule has 0 aliphatic carbocycles. The van der Waals surface area contributed by atoms with Crippen molar-refractivity contribution in [2.24, 2.45) is 5.92 Å². The number of hydrogen-bond acceptors (Lipinski definition) is 3. The summed E-state index contributed by atoms with van der Waals surface area (Å²) in [6, 6.07) is 10.9. The molecular weight excluding hydrogens is 272 g/mol.